The van der Waals surface area contributed by atoms with Gasteiger partial charge in [-0.2, -0.15) is 9.97 Å². The highest BCUT2D eigenvalue weighted by Gasteiger charge is 2.26. The molecule has 188 valence electrons. The van der Waals surface area contributed by atoms with E-state index in [-0.39, 0.29) is 39.1 Å². The smallest absolute Gasteiger partial charge is 0.355 e. The second-order valence-electron chi connectivity index (χ2n) is 8.51. The standard InChI is InChI=1S/C26H18Cl2N8O2/c27-18-4-3-5-19(28)21(18)36-22(29)17-13-31-25(33-23(17)34-26(36)38)32-15-7-8-16-14(12-15)9-11-35(24(16)37)20-6-1-2-10-30-20/h1-8,10,12-13H,9,11,29H2,(H,32,33,34,38). The van der Waals surface area contributed by atoms with Gasteiger partial charge in [0.25, 0.3) is 5.91 Å². The van der Waals surface area contributed by atoms with E-state index in [2.05, 4.69) is 25.3 Å². The minimum atomic E-state index is -0.681. The number of carbonyl (C=O) groups is 1. The number of nitrogens with one attached hydrogen (secondary N) is 1. The van der Waals surface area contributed by atoms with Crippen molar-refractivity contribution in [3.05, 3.63) is 98.6 Å². The molecule has 1 amide bonds. The number of aromatic nitrogens is 5. The van der Waals surface area contributed by atoms with Crippen molar-refractivity contribution in [2.75, 3.05) is 22.5 Å². The van der Waals surface area contributed by atoms with E-state index in [1.165, 1.54) is 6.20 Å². The predicted octanol–water partition coefficient (Wildman–Crippen LogP) is 4.41. The summed E-state index contributed by atoms with van der Waals surface area (Å²) >= 11 is 12.6. The van der Waals surface area contributed by atoms with Crippen LogP contribution in [0.4, 0.5) is 23.3 Å². The van der Waals surface area contributed by atoms with E-state index < -0.39 is 5.69 Å². The van der Waals surface area contributed by atoms with Gasteiger partial charge < -0.3 is 11.1 Å². The number of benzene rings is 2. The third-order valence-electron chi connectivity index (χ3n) is 6.21. The molecule has 3 N–H and O–H groups in total. The first kappa shape index (κ1) is 23.8. The number of halogens is 2. The lowest BCUT2D eigenvalue weighted by Crippen LogP contribution is -2.38. The summed E-state index contributed by atoms with van der Waals surface area (Å²) in [5.41, 5.74) is 8.16. The van der Waals surface area contributed by atoms with Gasteiger partial charge in [-0.15, -0.1) is 0 Å². The van der Waals surface area contributed by atoms with Crippen LogP contribution in [0.1, 0.15) is 15.9 Å². The molecule has 0 radical (unpaired) electrons. The van der Waals surface area contributed by atoms with Crippen molar-refractivity contribution < 1.29 is 4.79 Å². The molecule has 3 aromatic heterocycles. The van der Waals surface area contributed by atoms with Gasteiger partial charge >= 0.3 is 5.69 Å². The SMILES string of the molecule is Nc1c2cnc(Nc3ccc4c(c3)CCN(c3ccccn3)C4=O)nc2nc(=O)n1-c1c(Cl)cccc1Cl. The van der Waals surface area contributed by atoms with Crippen molar-refractivity contribution in [2.24, 2.45) is 0 Å². The minimum absolute atomic E-state index is 0.0614. The van der Waals surface area contributed by atoms with Crippen LogP contribution >= 0.6 is 23.2 Å². The number of nitrogen functional groups attached to an aromatic ring is 1. The largest absolute Gasteiger partial charge is 0.384 e. The average Bonchev–Trinajstić information content (AvgIpc) is 2.91. The number of para-hydroxylation sites is 1. The quantitative estimate of drug-likeness (QED) is 0.340. The van der Waals surface area contributed by atoms with Crippen molar-refractivity contribution in [3.63, 3.8) is 0 Å². The molecule has 10 nitrogen and oxygen atoms in total. The van der Waals surface area contributed by atoms with E-state index in [9.17, 15) is 9.59 Å². The van der Waals surface area contributed by atoms with Crippen LogP contribution in [0.15, 0.2) is 71.8 Å². The molecule has 0 saturated heterocycles. The molecule has 2 aromatic carbocycles. The van der Waals surface area contributed by atoms with Gasteiger partial charge in [0.05, 0.1) is 21.1 Å². The Kier molecular flexibility index (Phi) is 5.90. The average molecular weight is 545 g/mol. The zero-order valence-electron chi connectivity index (χ0n) is 19.6. The number of rotatable bonds is 4. The summed E-state index contributed by atoms with van der Waals surface area (Å²) in [7, 11) is 0. The van der Waals surface area contributed by atoms with E-state index in [1.807, 2.05) is 24.3 Å². The Bertz CT molecular complexity index is 1770. The third-order valence-corrected chi connectivity index (χ3v) is 6.82. The first-order chi connectivity index (χ1) is 18.4. The second kappa shape index (κ2) is 9.40. The molecule has 0 unspecified atom stereocenters. The number of nitrogens with zero attached hydrogens (tertiary/aromatic N) is 6. The minimum Gasteiger partial charge on any atom is -0.384 e. The lowest BCUT2D eigenvalue weighted by atomic mass is 9.98. The fourth-order valence-corrected chi connectivity index (χ4v) is 4.98. The molecule has 1 aliphatic heterocycles. The van der Waals surface area contributed by atoms with Crippen LogP contribution in [0.3, 0.4) is 0 Å². The maximum atomic E-state index is 13.0. The third kappa shape index (κ3) is 4.09. The predicted molar refractivity (Wildman–Crippen MR) is 147 cm³/mol. The molecule has 4 heterocycles. The Morgan fingerprint density at radius 3 is 2.53 bits per heavy atom. The van der Waals surface area contributed by atoms with Gasteiger partial charge in [-0.25, -0.2) is 19.3 Å². The zero-order chi connectivity index (χ0) is 26.4. The van der Waals surface area contributed by atoms with E-state index >= 15 is 0 Å². The van der Waals surface area contributed by atoms with E-state index in [0.29, 0.717) is 35.4 Å². The number of hydrogen-bond donors (Lipinski definition) is 2. The summed E-state index contributed by atoms with van der Waals surface area (Å²) < 4.78 is 1.14. The van der Waals surface area contributed by atoms with Gasteiger partial charge in [0, 0.05) is 30.2 Å². The molecule has 38 heavy (non-hydrogen) atoms. The summed E-state index contributed by atoms with van der Waals surface area (Å²) in [6.07, 6.45) is 3.80. The summed E-state index contributed by atoms with van der Waals surface area (Å²) in [6.45, 7) is 0.518. The molecule has 12 heteroatoms. The van der Waals surface area contributed by atoms with Gasteiger partial charge in [-0.05, 0) is 54.4 Å². The van der Waals surface area contributed by atoms with Crippen LogP contribution in [0.5, 0.6) is 0 Å². The molecule has 0 atom stereocenters. The molecule has 0 spiro atoms. The Labute approximate surface area is 225 Å². The lowest BCUT2D eigenvalue weighted by molar-refractivity contribution is 0.0980. The van der Waals surface area contributed by atoms with Crippen molar-refractivity contribution in [1.82, 2.24) is 24.5 Å². The highest BCUT2D eigenvalue weighted by molar-refractivity contribution is 6.37. The van der Waals surface area contributed by atoms with Crippen molar-refractivity contribution in [3.8, 4) is 5.69 Å². The van der Waals surface area contributed by atoms with Crippen LogP contribution in [-0.2, 0) is 6.42 Å². The number of nitrogens with two attached hydrogens (primary N) is 1. The molecule has 0 saturated carbocycles. The maximum Gasteiger partial charge on any atom is 0.355 e. The molecule has 6 rings (SSSR count). The number of fused-ring (bicyclic) bond motifs is 2. The van der Waals surface area contributed by atoms with Crippen molar-refractivity contribution in [2.45, 2.75) is 6.42 Å². The van der Waals surface area contributed by atoms with Crippen LogP contribution in [0.2, 0.25) is 10.0 Å². The maximum absolute atomic E-state index is 13.0. The Balaban J connectivity index is 1.30. The Morgan fingerprint density at radius 2 is 1.76 bits per heavy atom. The number of carbonyl (C=O) groups excluding carboxylic acids is 1. The number of hydrogen-bond acceptors (Lipinski definition) is 8. The fourth-order valence-electron chi connectivity index (χ4n) is 4.41. The van der Waals surface area contributed by atoms with Crippen molar-refractivity contribution in [1.29, 1.82) is 0 Å². The summed E-state index contributed by atoms with van der Waals surface area (Å²) in [6, 6.07) is 15.8. The van der Waals surface area contributed by atoms with E-state index in [1.54, 1.807) is 41.4 Å². The van der Waals surface area contributed by atoms with Gasteiger partial charge in [0.1, 0.15) is 11.6 Å². The lowest BCUT2D eigenvalue weighted by Gasteiger charge is -2.28. The van der Waals surface area contributed by atoms with E-state index in [4.69, 9.17) is 28.9 Å². The van der Waals surface area contributed by atoms with Gasteiger partial charge in [-0.3, -0.25) is 9.69 Å². The fraction of sp³-hybridized carbons (Fsp3) is 0.0769. The highest BCUT2D eigenvalue weighted by atomic mass is 35.5. The van der Waals surface area contributed by atoms with Gasteiger partial charge in [0.15, 0.2) is 5.65 Å². The van der Waals surface area contributed by atoms with Crippen LogP contribution in [-0.4, -0.2) is 37.0 Å². The molecule has 1 aliphatic rings. The first-order valence-electron chi connectivity index (χ1n) is 11.5. The summed E-state index contributed by atoms with van der Waals surface area (Å²) in [5.74, 6) is 0.798. The molecule has 5 aromatic rings. The van der Waals surface area contributed by atoms with Crippen molar-refractivity contribution >= 4 is 63.4 Å². The molecule has 0 bridgehead atoms. The number of anilines is 4. The van der Waals surface area contributed by atoms with Gasteiger partial charge in [0.2, 0.25) is 5.95 Å². The Morgan fingerprint density at radius 1 is 0.947 bits per heavy atom. The normalized spacial score (nSPS) is 13.0. The number of pyridine rings is 1. The topological polar surface area (TPSA) is 132 Å². The molecule has 0 fully saturated rings. The van der Waals surface area contributed by atoms with Gasteiger partial charge in [-0.1, -0.05) is 35.3 Å². The van der Waals surface area contributed by atoms with E-state index in [0.717, 1.165) is 10.1 Å². The monoisotopic (exact) mass is 544 g/mol. The first-order valence-corrected chi connectivity index (χ1v) is 12.3. The molecular formula is C26H18Cl2N8O2. The molecule has 0 aliphatic carbocycles. The summed E-state index contributed by atoms with van der Waals surface area (Å²) in [4.78, 5) is 44.7. The highest BCUT2D eigenvalue weighted by Crippen LogP contribution is 2.31. The Hall–Kier alpha value is -4.54. The van der Waals surface area contributed by atoms with Crippen LogP contribution in [0.25, 0.3) is 16.7 Å². The summed E-state index contributed by atoms with van der Waals surface area (Å²) in [5, 5.41) is 3.98. The number of amides is 1. The zero-order valence-corrected chi connectivity index (χ0v) is 21.1. The molecular weight excluding hydrogens is 527 g/mol. The second-order valence-corrected chi connectivity index (χ2v) is 9.32. The van der Waals surface area contributed by atoms with Crippen LogP contribution < -0.4 is 21.6 Å². The van der Waals surface area contributed by atoms with Crippen LogP contribution in [0, 0.1) is 0 Å².